The highest BCUT2D eigenvalue weighted by molar-refractivity contribution is 14.1. The average molecular weight is 326 g/mol. The highest BCUT2D eigenvalue weighted by atomic mass is 127. The molecule has 1 rings (SSSR count). The average Bonchev–Trinajstić information content (AvgIpc) is 2.01. The fraction of sp³-hybridized carbons (Fsp3) is 0. The second-order valence-electron chi connectivity index (χ2n) is 1.83. The van der Waals surface area contributed by atoms with Crippen LogP contribution in [0.5, 0.6) is 0 Å². The molecule has 0 aliphatic rings. The summed E-state index contributed by atoms with van der Waals surface area (Å²) in [5.74, 6) is -0.309. The molecule has 0 N–H and O–H groups in total. The van der Waals surface area contributed by atoms with Crippen LogP contribution < -0.4 is 0 Å². The number of halogens is 3. The Kier molecular flexibility index (Phi) is 2.84. The first-order valence-electron chi connectivity index (χ1n) is 2.70. The Balaban J connectivity index is 3.40. The quantitative estimate of drug-likeness (QED) is 0.531. The molecule has 56 valence electrons. The Bertz CT molecular complexity index is 332. The summed E-state index contributed by atoms with van der Waals surface area (Å²) < 4.78 is 13.7. The largest absolute Gasteiger partial charge is 0.206 e. The minimum absolute atomic E-state index is 0.309. The van der Waals surface area contributed by atoms with Crippen LogP contribution in [0.4, 0.5) is 4.39 Å². The summed E-state index contributed by atoms with van der Waals surface area (Å²) in [6.07, 6.45) is 0. The third-order valence-corrected chi connectivity index (χ3v) is 3.78. The van der Waals surface area contributed by atoms with E-state index in [-0.39, 0.29) is 5.82 Å². The van der Waals surface area contributed by atoms with Crippen LogP contribution >= 0.6 is 38.5 Å². The zero-order valence-corrected chi connectivity index (χ0v) is 8.98. The molecule has 0 aliphatic carbocycles. The molecular weight excluding hydrogens is 324 g/mol. The van der Waals surface area contributed by atoms with Crippen LogP contribution in [0.1, 0.15) is 5.56 Å². The van der Waals surface area contributed by atoms with Crippen molar-refractivity contribution in [1.29, 1.82) is 5.26 Å². The van der Waals surface area contributed by atoms with Gasteiger partial charge in [-0.3, -0.25) is 0 Å². The summed E-state index contributed by atoms with van der Waals surface area (Å²) in [6.45, 7) is 0. The zero-order valence-electron chi connectivity index (χ0n) is 5.24. The summed E-state index contributed by atoms with van der Waals surface area (Å²) in [4.78, 5) is 0. The molecule has 0 heterocycles. The topological polar surface area (TPSA) is 23.8 Å². The van der Waals surface area contributed by atoms with Crippen LogP contribution in [-0.2, 0) is 0 Å². The Morgan fingerprint density at radius 2 is 2.18 bits per heavy atom. The van der Waals surface area contributed by atoms with Gasteiger partial charge in [0.2, 0.25) is 0 Å². The molecule has 0 fully saturated rings. The molecule has 0 bridgehead atoms. The van der Waals surface area contributed by atoms with Gasteiger partial charge in [0.25, 0.3) is 0 Å². The fourth-order valence-electron chi connectivity index (χ4n) is 0.612. The smallest absolute Gasteiger partial charge is 0.137 e. The number of hydrogen-bond acceptors (Lipinski definition) is 1. The molecule has 11 heavy (non-hydrogen) atoms. The minimum atomic E-state index is -0.309. The van der Waals surface area contributed by atoms with Crippen molar-refractivity contribution in [3.8, 4) is 6.07 Å². The van der Waals surface area contributed by atoms with Crippen molar-refractivity contribution in [3.05, 3.63) is 31.6 Å². The van der Waals surface area contributed by atoms with E-state index in [2.05, 4.69) is 15.9 Å². The monoisotopic (exact) mass is 325 g/mol. The Morgan fingerprint density at radius 3 is 2.73 bits per heavy atom. The van der Waals surface area contributed by atoms with Gasteiger partial charge in [-0.1, -0.05) is 0 Å². The fourth-order valence-corrected chi connectivity index (χ4v) is 1.49. The summed E-state index contributed by atoms with van der Waals surface area (Å²) in [5, 5.41) is 8.53. The second-order valence-corrected chi connectivity index (χ2v) is 3.71. The van der Waals surface area contributed by atoms with Gasteiger partial charge in [0.05, 0.1) is 13.6 Å². The minimum Gasteiger partial charge on any atom is -0.206 e. The number of nitriles is 1. The summed E-state index contributed by atoms with van der Waals surface area (Å²) in [5.41, 5.74) is 0.454. The lowest BCUT2D eigenvalue weighted by atomic mass is 10.2. The summed E-state index contributed by atoms with van der Waals surface area (Å²) >= 11 is 4.97. The number of rotatable bonds is 0. The molecule has 0 saturated carbocycles. The van der Waals surface area contributed by atoms with Gasteiger partial charge < -0.3 is 0 Å². The third kappa shape index (κ3) is 1.71. The van der Waals surface area contributed by atoms with Crippen LogP contribution in [0, 0.1) is 20.7 Å². The molecule has 0 aromatic heterocycles. The van der Waals surface area contributed by atoms with Crippen LogP contribution in [0.2, 0.25) is 0 Å². The van der Waals surface area contributed by atoms with Crippen LogP contribution in [0.25, 0.3) is 0 Å². The SMILES string of the molecule is N#Cc1ccc(F)c(I)c1Br. The molecule has 0 radical (unpaired) electrons. The molecule has 0 atom stereocenters. The highest BCUT2D eigenvalue weighted by Crippen LogP contribution is 2.25. The van der Waals surface area contributed by atoms with Crippen molar-refractivity contribution in [2.45, 2.75) is 0 Å². The first-order chi connectivity index (χ1) is 5.16. The Hall–Kier alpha value is -0.150. The van der Waals surface area contributed by atoms with Crippen molar-refractivity contribution in [3.63, 3.8) is 0 Å². The van der Waals surface area contributed by atoms with E-state index in [0.717, 1.165) is 0 Å². The van der Waals surface area contributed by atoms with E-state index in [1.807, 2.05) is 28.7 Å². The van der Waals surface area contributed by atoms with E-state index in [1.54, 1.807) is 0 Å². The number of hydrogen-bond donors (Lipinski definition) is 0. The molecule has 1 nitrogen and oxygen atoms in total. The van der Waals surface area contributed by atoms with Crippen molar-refractivity contribution in [2.24, 2.45) is 0 Å². The molecule has 1 aromatic carbocycles. The number of benzene rings is 1. The van der Waals surface area contributed by atoms with Gasteiger partial charge in [0.15, 0.2) is 0 Å². The van der Waals surface area contributed by atoms with Gasteiger partial charge >= 0.3 is 0 Å². The maximum atomic E-state index is 12.7. The van der Waals surface area contributed by atoms with Gasteiger partial charge in [-0.25, -0.2) is 4.39 Å². The van der Waals surface area contributed by atoms with E-state index in [0.29, 0.717) is 13.6 Å². The van der Waals surface area contributed by atoms with Crippen molar-refractivity contribution in [2.75, 3.05) is 0 Å². The Labute approximate surface area is 85.5 Å². The predicted octanol–water partition coefficient (Wildman–Crippen LogP) is 3.06. The molecule has 0 aliphatic heterocycles. The summed E-state index contributed by atoms with van der Waals surface area (Å²) in [7, 11) is 0. The maximum absolute atomic E-state index is 12.7. The first kappa shape index (κ1) is 8.94. The van der Waals surface area contributed by atoms with Crippen molar-refractivity contribution >= 4 is 38.5 Å². The molecule has 0 unspecified atom stereocenters. The lowest BCUT2D eigenvalue weighted by Crippen LogP contribution is -1.86. The third-order valence-electron chi connectivity index (χ3n) is 1.16. The van der Waals surface area contributed by atoms with Gasteiger partial charge in [0.1, 0.15) is 11.9 Å². The van der Waals surface area contributed by atoms with Gasteiger partial charge in [-0.2, -0.15) is 5.26 Å². The van der Waals surface area contributed by atoms with E-state index in [4.69, 9.17) is 5.26 Å². The molecule has 1 aromatic rings. The zero-order chi connectivity index (χ0) is 8.43. The normalized spacial score (nSPS) is 9.27. The van der Waals surface area contributed by atoms with Crippen LogP contribution in [0.15, 0.2) is 16.6 Å². The highest BCUT2D eigenvalue weighted by Gasteiger charge is 2.07. The van der Waals surface area contributed by atoms with Crippen LogP contribution in [0.3, 0.4) is 0 Å². The second kappa shape index (κ2) is 3.50. The lowest BCUT2D eigenvalue weighted by Gasteiger charge is -1.98. The molecular formula is C7H2BrFIN. The molecule has 4 heteroatoms. The van der Waals surface area contributed by atoms with Gasteiger partial charge in [0, 0.05) is 0 Å². The standard InChI is InChI=1S/C7H2BrFIN/c8-6-4(3-11)1-2-5(9)7(6)10/h1-2H. The predicted molar refractivity (Wildman–Crippen MR) is 51.5 cm³/mol. The Morgan fingerprint density at radius 1 is 1.55 bits per heavy atom. The van der Waals surface area contributed by atoms with Gasteiger partial charge in [-0.05, 0) is 50.7 Å². The van der Waals surface area contributed by atoms with Crippen molar-refractivity contribution in [1.82, 2.24) is 0 Å². The van der Waals surface area contributed by atoms with E-state index in [9.17, 15) is 4.39 Å². The molecule has 0 spiro atoms. The van der Waals surface area contributed by atoms with Crippen molar-refractivity contribution < 1.29 is 4.39 Å². The summed E-state index contributed by atoms with van der Waals surface area (Å²) in [6, 6.07) is 4.67. The molecule has 0 amide bonds. The van der Waals surface area contributed by atoms with Crippen LogP contribution in [-0.4, -0.2) is 0 Å². The van der Waals surface area contributed by atoms with E-state index in [1.165, 1.54) is 12.1 Å². The van der Waals surface area contributed by atoms with E-state index >= 15 is 0 Å². The number of nitrogens with zero attached hydrogens (tertiary/aromatic N) is 1. The van der Waals surface area contributed by atoms with E-state index < -0.39 is 0 Å². The first-order valence-corrected chi connectivity index (χ1v) is 4.57. The molecule has 0 saturated heterocycles. The lowest BCUT2D eigenvalue weighted by molar-refractivity contribution is 0.619. The maximum Gasteiger partial charge on any atom is 0.137 e. The van der Waals surface area contributed by atoms with Gasteiger partial charge in [-0.15, -0.1) is 0 Å².